The molecule has 0 radical (unpaired) electrons. The number of amides is 1. The first-order valence-electron chi connectivity index (χ1n) is 7.85. The second-order valence-corrected chi connectivity index (χ2v) is 5.75. The zero-order valence-electron chi connectivity index (χ0n) is 13.9. The van der Waals surface area contributed by atoms with E-state index in [2.05, 4.69) is 5.32 Å². The van der Waals surface area contributed by atoms with Crippen LogP contribution in [0.2, 0.25) is 0 Å². The number of carboxylic acids is 1. The Bertz CT molecular complexity index is 944. The largest absolute Gasteiger partial charge is 0.508 e. The van der Waals surface area contributed by atoms with Crippen LogP contribution in [0.15, 0.2) is 52.9 Å². The van der Waals surface area contributed by atoms with Crippen LogP contribution >= 0.6 is 0 Å². The van der Waals surface area contributed by atoms with Crippen LogP contribution in [0.25, 0.3) is 11.0 Å². The Kier molecular flexibility index (Phi) is 4.79. The monoisotopic (exact) mass is 355 g/mol. The van der Waals surface area contributed by atoms with Crippen LogP contribution in [0.1, 0.15) is 16.1 Å². The smallest absolute Gasteiger partial charge is 0.326 e. The van der Waals surface area contributed by atoms with Gasteiger partial charge in [-0.1, -0.05) is 12.1 Å². The van der Waals surface area contributed by atoms with Gasteiger partial charge in [-0.25, -0.2) is 4.79 Å². The van der Waals surface area contributed by atoms with Gasteiger partial charge in [-0.05, 0) is 42.0 Å². The third-order valence-electron chi connectivity index (χ3n) is 3.93. The molecule has 0 aliphatic heterocycles. The van der Waals surface area contributed by atoms with Gasteiger partial charge in [0.1, 0.15) is 23.1 Å². The Morgan fingerprint density at radius 2 is 1.88 bits per heavy atom. The highest BCUT2D eigenvalue weighted by molar-refractivity contribution is 5.98. The summed E-state index contributed by atoms with van der Waals surface area (Å²) in [7, 11) is 1.54. The molecule has 2 aromatic carbocycles. The molecule has 0 fully saturated rings. The van der Waals surface area contributed by atoms with E-state index in [-0.39, 0.29) is 17.9 Å². The lowest BCUT2D eigenvalue weighted by atomic mass is 10.1. The van der Waals surface area contributed by atoms with Gasteiger partial charge < -0.3 is 24.7 Å². The topological polar surface area (TPSA) is 109 Å². The Morgan fingerprint density at radius 1 is 1.15 bits per heavy atom. The molecule has 7 nitrogen and oxygen atoms in total. The summed E-state index contributed by atoms with van der Waals surface area (Å²) >= 11 is 0. The maximum absolute atomic E-state index is 12.4. The van der Waals surface area contributed by atoms with E-state index in [0.717, 1.165) is 0 Å². The molecule has 0 bridgehead atoms. The van der Waals surface area contributed by atoms with Crippen molar-refractivity contribution in [1.82, 2.24) is 5.32 Å². The van der Waals surface area contributed by atoms with E-state index in [0.29, 0.717) is 22.3 Å². The van der Waals surface area contributed by atoms with Gasteiger partial charge in [-0.15, -0.1) is 0 Å². The zero-order valence-corrected chi connectivity index (χ0v) is 13.9. The third kappa shape index (κ3) is 3.77. The lowest BCUT2D eigenvalue weighted by molar-refractivity contribution is -0.139. The highest BCUT2D eigenvalue weighted by Crippen LogP contribution is 2.24. The molecule has 3 aromatic rings. The Balaban J connectivity index is 1.77. The molecular formula is C19H17NO6. The summed E-state index contributed by atoms with van der Waals surface area (Å²) in [5.41, 5.74) is 1.17. The molecule has 0 aliphatic carbocycles. The number of phenolic OH excluding ortho intramolecular Hbond substituents is 1. The van der Waals surface area contributed by atoms with Crippen molar-refractivity contribution in [2.24, 2.45) is 0 Å². The van der Waals surface area contributed by atoms with Crippen molar-refractivity contribution in [3.63, 3.8) is 0 Å². The van der Waals surface area contributed by atoms with Gasteiger partial charge in [0, 0.05) is 11.8 Å². The molecular weight excluding hydrogens is 338 g/mol. The number of hydrogen-bond acceptors (Lipinski definition) is 5. The molecule has 1 heterocycles. The molecule has 26 heavy (non-hydrogen) atoms. The maximum Gasteiger partial charge on any atom is 0.326 e. The predicted molar refractivity (Wildman–Crippen MR) is 93.5 cm³/mol. The first-order valence-corrected chi connectivity index (χ1v) is 7.85. The van der Waals surface area contributed by atoms with Crippen molar-refractivity contribution in [3.8, 4) is 11.5 Å². The van der Waals surface area contributed by atoms with Gasteiger partial charge in [0.15, 0.2) is 5.76 Å². The quantitative estimate of drug-likeness (QED) is 0.627. The minimum atomic E-state index is -1.16. The molecule has 0 aliphatic rings. The van der Waals surface area contributed by atoms with Crippen LogP contribution in [-0.4, -0.2) is 35.2 Å². The molecule has 0 saturated carbocycles. The minimum Gasteiger partial charge on any atom is -0.508 e. The average Bonchev–Trinajstić information content (AvgIpc) is 3.06. The van der Waals surface area contributed by atoms with Gasteiger partial charge in [0.25, 0.3) is 5.91 Å². The molecule has 7 heteroatoms. The zero-order chi connectivity index (χ0) is 18.7. The number of aliphatic carboxylic acids is 1. The standard InChI is InChI=1S/C19H17NO6/c1-25-14-6-7-16-12(9-14)10-17(26-16)18(22)20-15(19(23)24)8-11-2-4-13(21)5-3-11/h2-7,9-10,15,21H,8H2,1H3,(H,20,22)(H,23,24). The van der Waals surface area contributed by atoms with Crippen molar-refractivity contribution < 1.29 is 29.0 Å². The number of rotatable bonds is 6. The summed E-state index contributed by atoms with van der Waals surface area (Å²) in [5.74, 6) is -1.05. The van der Waals surface area contributed by atoms with E-state index in [1.807, 2.05) is 0 Å². The molecule has 134 valence electrons. The Morgan fingerprint density at radius 3 is 2.54 bits per heavy atom. The SMILES string of the molecule is COc1ccc2oc(C(=O)NC(Cc3ccc(O)cc3)C(=O)O)cc2c1. The van der Waals surface area contributed by atoms with Gasteiger partial charge in [-0.2, -0.15) is 0 Å². The number of methoxy groups -OCH3 is 1. The first kappa shape index (κ1) is 17.3. The maximum atomic E-state index is 12.4. The number of furan rings is 1. The van der Waals surface area contributed by atoms with Crippen LogP contribution in [0.3, 0.4) is 0 Å². The number of phenols is 1. The number of carbonyl (C=O) groups is 2. The summed E-state index contributed by atoms with van der Waals surface area (Å²) < 4.78 is 10.6. The normalized spacial score (nSPS) is 11.9. The van der Waals surface area contributed by atoms with E-state index in [9.17, 15) is 19.8 Å². The van der Waals surface area contributed by atoms with Gasteiger partial charge in [0.05, 0.1) is 7.11 Å². The lowest BCUT2D eigenvalue weighted by Gasteiger charge is -2.13. The lowest BCUT2D eigenvalue weighted by Crippen LogP contribution is -2.42. The second-order valence-electron chi connectivity index (χ2n) is 5.75. The fraction of sp³-hybridized carbons (Fsp3) is 0.158. The molecule has 1 atom stereocenters. The van der Waals surface area contributed by atoms with Crippen molar-refractivity contribution in [1.29, 1.82) is 0 Å². The second kappa shape index (κ2) is 7.18. The summed E-state index contributed by atoms with van der Waals surface area (Å²) in [5, 5.41) is 21.8. The van der Waals surface area contributed by atoms with E-state index in [1.165, 1.54) is 25.3 Å². The van der Waals surface area contributed by atoms with Gasteiger partial charge >= 0.3 is 5.97 Å². The van der Waals surface area contributed by atoms with Crippen molar-refractivity contribution in [2.75, 3.05) is 7.11 Å². The molecule has 1 unspecified atom stereocenters. The summed E-state index contributed by atoms with van der Waals surface area (Å²) in [6, 6.07) is 11.6. The fourth-order valence-corrected chi connectivity index (χ4v) is 2.56. The predicted octanol–water partition coefficient (Wildman–Crippen LogP) is 2.57. The van der Waals surface area contributed by atoms with E-state index in [1.54, 1.807) is 30.3 Å². The number of fused-ring (bicyclic) bond motifs is 1. The first-order chi connectivity index (χ1) is 12.5. The summed E-state index contributed by atoms with van der Waals surface area (Å²) in [4.78, 5) is 23.9. The number of benzene rings is 2. The fourth-order valence-electron chi connectivity index (χ4n) is 2.56. The number of carbonyl (C=O) groups excluding carboxylic acids is 1. The van der Waals surface area contributed by atoms with Crippen molar-refractivity contribution in [3.05, 3.63) is 59.9 Å². The van der Waals surface area contributed by atoms with Crippen LogP contribution < -0.4 is 10.1 Å². The van der Waals surface area contributed by atoms with E-state index in [4.69, 9.17) is 9.15 Å². The van der Waals surface area contributed by atoms with Crippen LogP contribution in [0.4, 0.5) is 0 Å². The van der Waals surface area contributed by atoms with Crippen molar-refractivity contribution in [2.45, 2.75) is 12.5 Å². The average molecular weight is 355 g/mol. The highest BCUT2D eigenvalue weighted by Gasteiger charge is 2.23. The van der Waals surface area contributed by atoms with Crippen molar-refractivity contribution >= 4 is 22.8 Å². The molecule has 1 aromatic heterocycles. The van der Waals surface area contributed by atoms with Crippen LogP contribution in [0.5, 0.6) is 11.5 Å². The molecule has 1 amide bonds. The summed E-state index contributed by atoms with van der Waals surface area (Å²) in [6.45, 7) is 0. The Labute approximate surface area is 148 Å². The van der Waals surface area contributed by atoms with Crippen LogP contribution in [-0.2, 0) is 11.2 Å². The molecule has 0 saturated heterocycles. The number of carboxylic acid groups (broad SMARTS) is 1. The van der Waals surface area contributed by atoms with E-state index >= 15 is 0 Å². The highest BCUT2D eigenvalue weighted by atomic mass is 16.5. The number of hydrogen-bond donors (Lipinski definition) is 3. The van der Waals surface area contributed by atoms with Crippen LogP contribution in [0, 0.1) is 0 Å². The molecule has 0 spiro atoms. The molecule has 3 rings (SSSR count). The Hall–Kier alpha value is -3.48. The molecule has 3 N–H and O–H groups in total. The number of ether oxygens (including phenoxy) is 1. The van der Waals surface area contributed by atoms with E-state index < -0.39 is 17.9 Å². The summed E-state index contributed by atoms with van der Waals surface area (Å²) in [6.07, 6.45) is 0.0788. The number of nitrogens with one attached hydrogen (secondary N) is 1. The minimum absolute atomic E-state index is 0.0187. The van der Waals surface area contributed by atoms with Gasteiger partial charge in [-0.3, -0.25) is 4.79 Å². The number of aromatic hydroxyl groups is 1. The van der Waals surface area contributed by atoms with Gasteiger partial charge in [0.2, 0.25) is 0 Å². The third-order valence-corrected chi connectivity index (χ3v) is 3.93.